The minimum absolute atomic E-state index is 0.0889. The Morgan fingerprint density at radius 1 is 1.47 bits per heavy atom. The summed E-state index contributed by atoms with van der Waals surface area (Å²) in [7, 11) is -3.65. The van der Waals surface area contributed by atoms with E-state index in [4.69, 9.17) is 16.3 Å². The molecule has 1 aromatic carbocycles. The van der Waals surface area contributed by atoms with Crippen LogP contribution in [0.2, 0.25) is 0 Å². The fourth-order valence-electron chi connectivity index (χ4n) is 1.32. The standard InChI is InChI=1S/C12H15NO3S/c1-3-4-5-8-16-12-7-6-11(9-10(12)2)17(13,14)15/h1,6-7,9H,4-5,8H2,2H3,(H2,13,14,15). The van der Waals surface area contributed by atoms with Crippen molar-refractivity contribution in [3.05, 3.63) is 23.8 Å². The third-order valence-electron chi connectivity index (χ3n) is 2.20. The van der Waals surface area contributed by atoms with Gasteiger partial charge < -0.3 is 4.74 Å². The fraction of sp³-hybridized carbons (Fsp3) is 0.333. The molecule has 0 saturated carbocycles. The van der Waals surface area contributed by atoms with E-state index in [0.717, 1.165) is 12.0 Å². The van der Waals surface area contributed by atoms with E-state index < -0.39 is 10.0 Å². The average Bonchev–Trinajstić information content (AvgIpc) is 2.24. The second-order valence-electron chi connectivity index (χ2n) is 3.63. The molecule has 0 amide bonds. The van der Waals surface area contributed by atoms with Gasteiger partial charge in [-0.2, -0.15) is 0 Å². The summed E-state index contributed by atoms with van der Waals surface area (Å²) in [4.78, 5) is 0.0889. The van der Waals surface area contributed by atoms with Crippen LogP contribution < -0.4 is 9.88 Å². The summed E-state index contributed by atoms with van der Waals surface area (Å²) in [5.41, 5.74) is 0.734. The molecule has 0 aliphatic carbocycles. The summed E-state index contributed by atoms with van der Waals surface area (Å²) >= 11 is 0. The molecule has 2 N–H and O–H groups in total. The molecule has 0 fully saturated rings. The fourth-order valence-corrected chi connectivity index (χ4v) is 1.92. The van der Waals surface area contributed by atoms with Crippen molar-refractivity contribution in [3.8, 4) is 18.1 Å². The molecule has 0 atom stereocenters. The lowest BCUT2D eigenvalue weighted by Crippen LogP contribution is -2.12. The Bertz CT molecular complexity index is 529. The van der Waals surface area contributed by atoms with E-state index in [0.29, 0.717) is 18.8 Å². The van der Waals surface area contributed by atoms with Crippen molar-refractivity contribution in [2.45, 2.75) is 24.7 Å². The molecule has 0 aliphatic heterocycles. The zero-order valence-corrected chi connectivity index (χ0v) is 10.5. The monoisotopic (exact) mass is 253 g/mol. The molecule has 0 heterocycles. The molecule has 0 aliphatic rings. The second kappa shape index (κ2) is 5.71. The highest BCUT2D eigenvalue weighted by Crippen LogP contribution is 2.21. The van der Waals surface area contributed by atoms with Gasteiger partial charge in [0.15, 0.2) is 0 Å². The Kier molecular flexibility index (Phi) is 4.55. The zero-order valence-electron chi connectivity index (χ0n) is 9.64. The Morgan fingerprint density at radius 3 is 2.71 bits per heavy atom. The number of nitrogens with two attached hydrogens (primary N) is 1. The summed E-state index contributed by atoms with van der Waals surface area (Å²) < 4.78 is 27.7. The van der Waals surface area contributed by atoms with E-state index in [9.17, 15) is 8.42 Å². The van der Waals surface area contributed by atoms with Crippen LogP contribution in [-0.4, -0.2) is 15.0 Å². The summed E-state index contributed by atoms with van der Waals surface area (Å²) in [6.45, 7) is 2.28. The maximum absolute atomic E-state index is 11.1. The molecule has 0 aromatic heterocycles. The van der Waals surface area contributed by atoms with Gasteiger partial charge in [0, 0.05) is 6.42 Å². The van der Waals surface area contributed by atoms with E-state index in [1.165, 1.54) is 12.1 Å². The van der Waals surface area contributed by atoms with E-state index >= 15 is 0 Å². The van der Waals surface area contributed by atoms with Crippen LogP contribution in [0, 0.1) is 19.3 Å². The molecular weight excluding hydrogens is 238 g/mol. The highest BCUT2D eigenvalue weighted by atomic mass is 32.2. The molecule has 5 heteroatoms. The number of unbranched alkanes of at least 4 members (excludes halogenated alkanes) is 1. The van der Waals surface area contributed by atoms with Crippen LogP contribution in [0.15, 0.2) is 23.1 Å². The third kappa shape index (κ3) is 4.10. The van der Waals surface area contributed by atoms with Gasteiger partial charge >= 0.3 is 0 Å². The van der Waals surface area contributed by atoms with Crippen molar-refractivity contribution < 1.29 is 13.2 Å². The normalized spacial score (nSPS) is 10.9. The van der Waals surface area contributed by atoms with Crippen LogP contribution in [0.1, 0.15) is 18.4 Å². The first-order valence-corrected chi connectivity index (χ1v) is 6.69. The van der Waals surface area contributed by atoms with Crippen molar-refractivity contribution in [1.82, 2.24) is 0 Å². The smallest absolute Gasteiger partial charge is 0.238 e. The summed E-state index contributed by atoms with van der Waals surface area (Å²) in [5.74, 6) is 3.17. The maximum Gasteiger partial charge on any atom is 0.238 e. The number of primary sulfonamides is 1. The third-order valence-corrected chi connectivity index (χ3v) is 3.11. The second-order valence-corrected chi connectivity index (χ2v) is 5.19. The van der Waals surface area contributed by atoms with Crippen molar-refractivity contribution in [2.75, 3.05) is 6.61 Å². The molecule has 0 bridgehead atoms. The quantitative estimate of drug-likeness (QED) is 0.637. The lowest BCUT2D eigenvalue weighted by molar-refractivity contribution is 0.310. The van der Waals surface area contributed by atoms with Crippen LogP contribution in [0.5, 0.6) is 5.75 Å². The number of hydrogen-bond acceptors (Lipinski definition) is 3. The van der Waals surface area contributed by atoms with Gasteiger partial charge in [-0.25, -0.2) is 13.6 Å². The van der Waals surface area contributed by atoms with E-state index in [-0.39, 0.29) is 4.90 Å². The SMILES string of the molecule is C#CCCCOc1ccc(S(N)(=O)=O)cc1C. The number of rotatable bonds is 5. The van der Waals surface area contributed by atoms with Crippen LogP contribution in [0.3, 0.4) is 0 Å². The van der Waals surface area contributed by atoms with Gasteiger partial charge in [0.05, 0.1) is 11.5 Å². The predicted molar refractivity (Wildman–Crippen MR) is 66.1 cm³/mol. The number of aryl methyl sites for hydroxylation is 1. The Labute approximate surface area is 102 Å². The van der Waals surface area contributed by atoms with Gasteiger partial charge in [-0.05, 0) is 37.1 Å². The Morgan fingerprint density at radius 2 is 2.18 bits per heavy atom. The molecule has 1 aromatic rings. The van der Waals surface area contributed by atoms with Crippen molar-refractivity contribution >= 4 is 10.0 Å². The van der Waals surface area contributed by atoms with E-state index in [1.54, 1.807) is 13.0 Å². The maximum atomic E-state index is 11.1. The number of ether oxygens (including phenoxy) is 1. The summed E-state index contributed by atoms with van der Waals surface area (Å²) in [5, 5.41) is 5.02. The molecular formula is C12H15NO3S. The summed E-state index contributed by atoms with van der Waals surface area (Å²) in [6, 6.07) is 4.52. The van der Waals surface area contributed by atoms with Crippen molar-refractivity contribution in [1.29, 1.82) is 0 Å². The largest absolute Gasteiger partial charge is 0.493 e. The zero-order chi connectivity index (χ0) is 12.9. The number of benzene rings is 1. The van der Waals surface area contributed by atoms with Crippen LogP contribution in [0.25, 0.3) is 0 Å². The first kappa shape index (κ1) is 13.6. The van der Waals surface area contributed by atoms with Gasteiger partial charge in [0.2, 0.25) is 10.0 Å². The van der Waals surface area contributed by atoms with Gasteiger partial charge in [-0.3, -0.25) is 0 Å². The molecule has 4 nitrogen and oxygen atoms in total. The Hall–Kier alpha value is -1.51. The molecule has 17 heavy (non-hydrogen) atoms. The Balaban J connectivity index is 2.74. The topological polar surface area (TPSA) is 69.4 Å². The lowest BCUT2D eigenvalue weighted by Gasteiger charge is -2.09. The van der Waals surface area contributed by atoms with Gasteiger partial charge in [0.25, 0.3) is 0 Å². The van der Waals surface area contributed by atoms with Gasteiger partial charge in [-0.15, -0.1) is 12.3 Å². The highest BCUT2D eigenvalue weighted by molar-refractivity contribution is 7.89. The average molecular weight is 253 g/mol. The molecule has 92 valence electrons. The molecule has 0 saturated heterocycles. The number of sulfonamides is 1. The van der Waals surface area contributed by atoms with Gasteiger partial charge in [-0.1, -0.05) is 0 Å². The molecule has 0 unspecified atom stereocenters. The molecule has 1 rings (SSSR count). The van der Waals surface area contributed by atoms with E-state index in [2.05, 4.69) is 5.92 Å². The number of terminal acetylenes is 1. The minimum Gasteiger partial charge on any atom is -0.493 e. The van der Waals surface area contributed by atoms with Crippen molar-refractivity contribution in [2.24, 2.45) is 5.14 Å². The predicted octanol–water partition coefficient (Wildman–Crippen LogP) is 1.43. The van der Waals surface area contributed by atoms with E-state index in [1.807, 2.05) is 0 Å². The minimum atomic E-state index is -3.65. The van der Waals surface area contributed by atoms with Crippen LogP contribution >= 0.6 is 0 Å². The first-order valence-electron chi connectivity index (χ1n) is 5.15. The number of hydrogen-bond donors (Lipinski definition) is 1. The van der Waals surface area contributed by atoms with Crippen molar-refractivity contribution in [3.63, 3.8) is 0 Å². The van der Waals surface area contributed by atoms with Crippen LogP contribution in [0.4, 0.5) is 0 Å². The van der Waals surface area contributed by atoms with Crippen LogP contribution in [-0.2, 0) is 10.0 Å². The molecule has 0 radical (unpaired) electrons. The van der Waals surface area contributed by atoms with Gasteiger partial charge in [0.1, 0.15) is 5.75 Å². The highest BCUT2D eigenvalue weighted by Gasteiger charge is 2.09. The molecule has 0 spiro atoms. The summed E-state index contributed by atoms with van der Waals surface area (Å²) in [6.07, 6.45) is 6.55. The lowest BCUT2D eigenvalue weighted by atomic mass is 10.2. The first-order chi connectivity index (χ1) is 7.95.